The van der Waals surface area contributed by atoms with Gasteiger partial charge in [0.2, 0.25) is 11.8 Å². The Hall–Kier alpha value is -2.15. The van der Waals surface area contributed by atoms with E-state index in [1.54, 1.807) is 6.07 Å². The monoisotopic (exact) mass is 307 g/mol. The fraction of sp³-hybridized carbons (Fsp3) is 0.357. The molecular weight excluding hydrogens is 290 g/mol. The highest BCUT2D eigenvalue weighted by Gasteiger charge is 2.25. The highest BCUT2D eigenvalue weighted by Crippen LogP contribution is 2.30. The number of rotatable bonds is 4. The molecule has 0 aliphatic heterocycles. The van der Waals surface area contributed by atoms with Gasteiger partial charge in [-0.25, -0.2) is 0 Å². The number of nitrogens with two attached hydrogens (primary N) is 1. The molecule has 0 saturated carbocycles. The summed E-state index contributed by atoms with van der Waals surface area (Å²) >= 11 is 1.46. The third-order valence-corrected chi connectivity index (χ3v) is 3.36. The van der Waals surface area contributed by atoms with E-state index in [0.717, 1.165) is 5.56 Å². The lowest BCUT2D eigenvalue weighted by Crippen LogP contribution is -2.21. The van der Waals surface area contributed by atoms with Crippen molar-refractivity contribution in [3.05, 3.63) is 22.4 Å². The summed E-state index contributed by atoms with van der Waals surface area (Å²) in [6.45, 7) is 5.83. The molecule has 2 aromatic rings. The summed E-state index contributed by atoms with van der Waals surface area (Å²) in [7, 11) is 0. The lowest BCUT2D eigenvalue weighted by molar-refractivity contribution is -0.117. The SMILES string of the molecule is CC(C)(C)CC(=O)Nc1onc(-c2ccsc2)c1C(N)=O. The second-order valence-electron chi connectivity index (χ2n) is 5.90. The van der Waals surface area contributed by atoms with E-state index in [1.165, 1.54) is 11.3 Å². The average molecular weight is 307 g/mol. The van der Waals surface area contributed by atoms with E-state index >= 15 is 0 Å². The topological polar surface area (TPSA) is 98.2 Å². The molecule has 7 heteroatoms. The van der Waals surface area contributed by atoms with E-state index in [2.05, 4.69) is 10.5 Å². The summed E-state index contributed by atoms with van der Waals surface area (Å²) < 4.78 is 5.09. The third kappa shape index (κ3) is 3.69. The van der Waals surface area contributed by atoms with E-state index in [-0.39, 0.29) is 22.8 Å². The Bertz CT molecular complexity index is 654. The van der Waals surface area contributed by atoms with Gasteiger partial charge in [-0.2, -0.15) is 11.3 Å². The molecule has 0 aromatic carbocycles. The molecule has 0 atom stereocenters. The molecule has 0 bridgehead atoms. The smallest absolute Gasteiger partial charge is 0.256 e. The van der Waals surface area contributed by atoms with E-state index < -0.39 is 5.91 Å². The lowest BCUT2D eigenvalue weighted by Gasteiger charge is -2.16. The van der Waals surface area contributed by atoms with E-state index in [0.29, 0.717) is 12.1 Å². The predicted molar refractivity (Wildman–Crippen MR) is 81.0 cm³/mol. The maximum absolute atomic E-state index is 11.9. The molecule has 112 valence electrons. The molecule has 0 fully saturated rings. The Morgan fingerprint density at radius 2 is 2.14 bits per heavy atom. The number of anilines is 1. The van der Waals surface area contributed by atoms with Crippen molar-refractivity contribution in [2.75, 3.05) is 5.32 Å². The Labute approximate surface area is 126 Å². The van der Waals surface area contributed by atoms with Crippen molar-refractivity contribution in [1.29, 1.82) is 0 Å². The number of hydrogen-bond acceptors (Lipinski definition) is 5. The van der Waals surface area contributed by atoms with Crippen LogP contribution in [0.4, 0.5) is 5.88 Å². The number of thiophene rings is 1. The predicted octanol–water partition coefficient (Wildman–Crippen LogP) is 2.88. The van der Waals surface area contributed by atoms with Gasteiger partial charge < -0.3 is 10.3 Å². The van der Waals surface area contributed by atoms with Gasteiger partial charge in [-0.1, -0.05) is 25.9 Å². The van der Waals surface area contributed by atoms with Gasteiger partial charge in [-0.15, -0.1) is 0 Å². The molecule has 0 aliphatic rings. The van der Waals surface area contributed by atoms with Gasteiger partial charge in [0, 0.05) is 17.4 Å². The summed E-state index contributed by atoms with van der Waals surface area (Å²) in [6, 6.07) is 1.80. The highest BCUT2D eigenvalue weighted by atomic mass is 32.1. The standard InChI is InChI=1S/C14H17N3O3S/c1-14(2,3)6-9(18)16-13-10(12(15)19)11(17-20-13)8-4-5-21-7-8/h4-5,7H,6H2,1-3H3,(H2,15,19)(H,16,18). The van der Waals surface area contributed by atoms with E-state index in [9.17, 15) is 9.59 Å². The molecule has 0 saturated heterocycles. The zero-order chi connectivity index (χ0) is 15.6. The number of carbonyl (C=O) groups is 2. The largest absolute Gasteiger partial charge is 0.365 e. The quantitative estimate of drug-likeness (QED) is 0.907. The van der Waals surface area contributed by atoms with Crippen LogP contribution in [0.15, 0.2) is 21.3 Å². The first-order valence-electron chi connectivity index (χ1n) is 6.40. The molecular formula is C14H17N3O3S. The Morgan fingerprint density at radius 1 is 1.43 bits per heavy atom. The lowest BCUT2D eigenvalue weighted by atomic mass is 9.92. The number of nitrogens with zero attached hydrogens (tertiary/aromatic N) is 1. The molecule has 2 rings (SSSR count). The Kier molecular flexibility index (Phi) is 4.13. The number of primary amides is 1. The fourth-order valence-electron chi connectivity index (χ4n) is 1.85. The first-order valence-corrected chi connectivity index (χ1v) is 7.34. The number of nitrogens with one attached hydrogen (secondary N) is 1. The van der Waals surface area contributed by atoms with Crippen LogP contribution in [0, 0.1) is 5.41 Å². The van der Waals surface area contributed by atoms with Gasteiger partial charge >= 0.3 is 0 Å². The van der Waals surface area contributed by atoms with Crippen LogP contribution in [0.2, 0.25) is 0 Å². The van der Waals surface area contributed by atoms with Gasteiger partial charge in [0.15, 0.2) is 0 Å². The Morgan fingerprint density at radius 3 is 2.67 bits per heavy atom. The van der Waals surface area contributed by atoms with Crippen molar-refractivity contribution < 1.29 is 14.1 Å². The molecule has 0 unspecified atom stereocenters. The van der Waals surface area contributed by atoms with Crippen molar-refractivity contribution in [3.8, 4) is 11.3 Å². The minimum Gasteiger partial charge on any atom is -0.365 e. The van der Waals surface area contributed by atoms with E-state index in [1.807, 2.05) is 31.5 Å². The van der Waals surface area contributed by atoms with Gasteiger partial charge in [-0.3, -0.25) is 14.9 Å². The summed E-state index contributed by atoms with van der Waals surface area (Å²) in [5.74, 6) is -0.945. The van der Waals surface area contributed by atoms with Crippen molar-refractivity contribution in [2.45, 2.75) is 27.2 Å². The van der Waals surface area contributed by atoms with Crippen LogP contribution in [-0.2, 0) is 4.79 Å². The molecule has 6 nitrogen and oxygen atoms in total. The summed E-state index contributed by atoms with van der Waals surface area (Å²) in [5, 5.41) is 10.1. The molecule has 3 N–H and O–H groups in total. The number of aromatic nitrogens is 1. The molecule has 2 aromatic heterocycles. The van der Waals surface area contributed by atoms with Crippen LogP contribution in [0.25, 0.3) is 11.3 Å². The first kappa shape index (κ1) is 15.2. The molecule has 0 aliphatic carbocycles. The van der Waals surface area contributed by atoms with Crippen LogP contribution in [0.1, 0.15) is 37.6 Å². The number of amides is 2. The highest BCUT2D eigenvalue weighted by molar-refractivity contribution is 7.08. The maximum atomic E-state index is 11.9. The molecule has 0 spiro atoms. The van der Waals surface area contributed by atoms with Crippen molar-refractivity contribution in [2.24, 2.45) is 11.1 Å². The Balaban J connectivity index is 2.29. The minimum absolute atomic E-state index is 0.00190. The average Bonchev–Trinajstić information content (AvgIpc) is 2.93. The summed E-state index contributed by atoms with van der Waals surface area (Å²) in [4.78, 5) is 23.6. The van der Waals surface area contributed by atoms with Crippen LogP contribution in [0.3, 0.4) is 0 Å². The van der Waals surface area contributed by atoms with Crippen LogP contribution in [-0.4, -0.2) is 17.0 Å². The fourth-order valence-corrected chi connectivity index (χ4v) is 2.49. The zero-order valence-electron chi connectivity index (χ0n) is 12.1. The van der Waals surface area contributed by atoms with Crippen molar-refractivity contribution >= 4 is 29.0 Å². The first-order chi connectivity index (χ1) is 9.78. The normalized spacial score (nSPS) is 11.4. The summed E-state index contributed by atoms with van der Waals surface area (Å²) in [5.41, 5.74) is 6.37. The summed E-state index contributed by atoms with van der Waals surface area (Å²) in [6.07, 6.45) is 0.291. The second kappa shape index (κ2) is 5.69. The minimum atomic E-state index is -0.691. The molecule has 0 radical (unpaired) electrons. The number of hydrogen-bond donors (Lipinski definition) is 2. The van der Waals surface area contributed by atoms with Crippen LogP contribution >= 0.6 is 11.3 Å². The molecule has 2 heterocycles. The van der Waals surface area contributed by atoms with Crippen molar-refractivity contribution in [3.63, 3.8) is 0 Å². The molecule has 2 amide bonds. The van der Waals surface area contributed by atoms with Crippen LogP contribution < -0.4 is 11.1 Å². The van der Waals surface area contributed by atoms with Gasteiger partial charge in [0.25, 0.3) is 5.91 Å². The van der Waals surface area contributed by atoms with Crippen molar-refractivity contribution in [1.82, 2.24) is 5.16 Å². The van der Waals surface area contributed by atoms with Gasteiger partial charge in [-0.05, 0) is 16.9 Å². The van der Waals surface area contributed by atoms with Gasteiger partial charge in [0.05, 0.1) is 0 Å². The molecule has 21 heavy (non-hydrogen) atoms. The third-order valence-electron chi connectivity index (χ3n) is 2.68. The maximum Gasteiger partial charge on any atom is 0.256 e. The second-order valence-corrected chi connectivity index (χ2v) is 6.68. The van der Waals surface area contributed by atoms with E-state index in [4.69, 9.17) is 10.3 Å². The zero-order valence-corrected chi connectivity index (χ0v) is 12.9. The van der Waals surface area contributed by atoms with Crippen LogP contribution in [0.5, 0.6) is 0 Å². The van der Waals surface area contributed by atoms with Gasteiger partial charge in [0.1, 0.15) is 11.3 Å². The number of carbonyl (C=O) groups excluding carboxylic acids is 2.